The number of hydrogen-bond donors (Lipinski definition) is 0. The maximum Gasteiger partial charge on any atom is 0.264 e. The Balaban J connectivity index is 1.62. The molecule has 0 aliphatic rings. The SMILES string of the molecule is COc1cc2ccccc2cc1C(=O)N(Cc1ccco1)c1nc2ccc(SC)cc2s1. The van der Waals surface area contributed by atoms with Crippen LogP contribution in [0.4, 0.5) is 5.13 Å². The van der Waals surface area contributed by atoms with Crippen molar-refractivity contribution in [1.29, 1.82) is 0 Å². The predicted octanol–water partition coefficient (Wildman–Crippen LogP) is 6.62. The van der Waals surface area contributed by atoms with E-state index in [9.17, 15) is 4.79 Å². The van der Waals surface area contributed by atoms with E-state index in [1.54, 1.807) is 30.0 Å². The van der Waals surface area contributed by atoms with Crippen LogP contribution in [0.2, 0.25) is 0 Å². The van der Waals surface area contributed by atoms with Crippen molar-refractivity contribution in [3.8, 4) is 5.75 Å². The molecule has 0 bridgehead atoms. The Morgan fingerprint density at radius 2 is 1.91 bits per heavy atom. The average molecular weight is 461 g/mol. The van der Waals surface area contributed by atoms with Crippen molar-refractivity contribution in [2.45, 2.75) is 11.4 Å². The summed E-state index contributed by atoms with van der Waals surface area (Å²) in [6, 6.07) is 21.5. The number of aromatic nitrogens is 1. The molecule has 160 valence electrons. The van der Waals surface area contributed by atoms with Gasteiger partial charge in [-0.3, -0.25) is 9.69 Å². The number of methoxy groups -OCH3 is 1. The highest BCUT2D eigenvalue weighted by molar-refractivity contribution is 7.98. The van der Waals surface area contributed by atoms with Crippen molar-refractivity contribution in [3.63, 3.8) is 0 Å². The number of ether oxygens (including phenoxy) is 1. The van der Waals surface area contributed by atoms with Gasteiger partial charge in [0.2, 0.25) is 0 Å². The van der Waals surface area contributed by atoms with Gasteiger partial charge in [-0.25, -0.2) is 4.98 Å². The first-order valence-electron chi connectivity index (χ1n) is 10.0. The largest absolute Gasteiger partial charge is 0.496 e. The van der Waals surface area contributed by atoms with Crippen LogP contribution in [-0.4, -0.2) is 24.3 Å². The molecule has 7 heteroatoms. The molecule has 1 amide bonds. The molecule has 5 rings (SSSR count). The van der Waals surface area contributed by atoms with Crippen molar-refractivity contribution in [2.24, 2.45) is 0 Å². The quantitative estimate of drug-likeness (QED) is 0.267. The molecule has 2 heterocycles. The van der Waals surface area contributed by atoms with E-state index in [0.29, 0.717) is 22.2 Å². The monoisotopic (exact) mass is 460 g/mol. The van der Waals surface area contributed by atoms with E-state index in [4.69, 9.17) is 14.1 Å². The molecule has 0 saturated carbocycles. The normalized spacial score (nSPS) is 11.2. The number of amides is 1. The average Bonchev–Trinajstić information content (AvgIpc) is 3.50. The van der Waals surface area contributed by atoms with Crippen LogP contribution in [0.5, 0.6) is 5.75 Å². The van der Waals surface area contributed by atoms with Gasteiger partial charge in [-0.15, -0.1) is 11.8 Å². The molecule has 0 radical (unpaired) electrons. The molecule has 0 atom stereocenters. The first-order valence-corrected chi connectivity index (χ1v) is 12.1. The topological polar surface area (TPSA) is 55.6 Å². The molecule has 5 nitrogen and oxygen atoms in total. The molecule has 0 spiro atoms. The molecule has 0 aliphatic heterocycles. The Kier molecular flexibility index (Phi) is 5.59. The van der Waals surface area contributed by atoms with Crippen LogP contribution < -0.4 is 9.64 Å². The number of nitrogens with zero attached hydrogens (tertiary/aromatic N) is 2. The number of fused-ring (bicyclic) bond motifs is 2. The second-order valence-corrected chi connectivity index (χ2v) is 9.09. The van der Waals surface area contributed by atoms with E-state index < -0.39 is 0 Å². The summed E-state index contributed by atoms with van der Waals surface area (Å²) in [5, 5.41) is 2.61. The molecular weight excluding hydrogens is 440 g/mol. The van der Waals surface area contributed by atoms with Crippen LogP contribution >= 0.6 is 23.1 Å². The number of carbonyl (C=O) groups is 1. The molecule has 0 aliphatic carbocycles. The van der Waals surface area contributed by atoms with E-state index in [2.05, 4.69) is 6.07 Å². The smallest absolute Gasteiger partial charge is 0.264 e. The third-order valence-corrected chi connectivity index (χ3v) is 7.02. The van der Waals surface area contributed by atoms with Gasteiger partial charge in [0.1, 0.15) is 11.5 Å². The number of hydrogen-bond acceptors (Lipinski definition) is 6. The summed E-state index contributed by atoms with van der Waals surface area (Å²) in [4.78, 5) is 21.4. The van der Waals surface area contributed by atoms with Crippen LogP contribution in [0.25, 0.3) is 21.0 Å². The summed E-state index contributed by atoms with van der Waals surface area (Å²) < 4.78 is 12.2. The number of carbonyl (C=O) groups excluding carboxylic acids is 1. The molecule has 0 fully saturated rings. The van der Waals surface area contributed by atoms with Crippen molar-refractivity contribution in [3.05, 3.63) is 84.3 Å². The third kappa shape index (κ3) is 3.85. The Labute approximate surface area is 193 Å². The molecule has 32 heavy (non-hydrogen) atoms. The summed E-state index contributed by atoms with van der Waals surface area (Å²) in [6.07, 6.45) is 3.65. The lowest BCUT2D eigenvalue weighted by molar-refractivity contribution is 0.0980. The van der Waals surface area contributed by atoms with Crippen molar-refractivity contribution in [2.75, 3.05) is 18.3 Å². The summed E-state index contributed by atoms with van der Waals surface area (Å²) in [6.45, 7) is 0.275. The number of thioether (sulfide) groups is 1. The Morgan fingerprint density at radius 3 is 2.62 bits per heavy atom. The number of anilines is 1. The number of furan rings is 1. The second kappa shape index (κ2) is 8.68. The van der Waals surface area contributed by atoms with Gasteiger partial charge < -0.3 is 9.15 Å². The highest BCUT2D eigenvalue weighted by Crippen LogP contribution is 2.35. The number of benzene rings is 3. The lowest BCUT2D eigenvalue weighted by Crippen LogP contribution is -2.30. The zero-order chi connectivity index (χ0) is 22.1. The maximum atomic E-state index is 13.9. The second-order valence-electron chi connectivity index (χ2n) is 7.20. The molecule has 2 aromatic heterocycles. The molecule has 0 unspecified atom stereocenters. The lowest BCUT2D eigenvalue weighted by atomic mass is 10.0. The molecule has 5 aromatic rings. The minimum atomic E-state index is -0.187. The first kappa shape index (κ1) is 20.6. The van der Waals surface area contributed by atoms with Crippen LogP contribution in [0.15, 0.2) is 82.3 Å². The van der Waals surface area contributed by atoms with Crippen molar-refractivity contribution < 1.29 is 13.9 Å². The fourth-order valence-corrected chi connectivity index (χ4v) is 5.14. The van der Waals surface area contributed by atoms with Gasteiger partial charge >= 0.3 is 0 Å². The zero-order valence-electron chi connectivity index (χ0n) is 17.6. The van der Waals surface area contributed by atoms with Gasteiger partial charge in [-0.05, 0) is 59.5 Å². The standard InChI is InChI=1S/C25H20N2O3S2/c1-29-22-13-17-7-4-3-6-16(17)12-20(22)24(28)27(15-18-8-5-11-30-18)25-26-21-10-9-19(31-2)14-23(21)32-25/h3-14H,15H2,1-2H3. The number of rotatable bonds is 6. The van der Waals surface area contributed by atoms with E-state index in [1.807, 2.05) is 66.9 Å². The van der Waals surface area contributed by atoms with Gasteiger partial charge in [0, 0.05) is 4.90 Å². The Bertz CT molecular complexity index is 1410. The molecule has 3 aromatic carbocycles. The van der Waals surface area contributed by atoms with Gasteiger partial charge in [-0.1, -0.05) is 35.6 Å². The lowest BCUT2D eigenvalue weighted by Gasteiger charge is -2.20. The zero-order valence-corrected chi connectivity index (χ0v) is 19.2. The predicted molar refractivity (Wildman–Crippen MR) is 131 cm³/mol. The highest BCUT2D eigenvalue weighted by Gasteiger charge is 2.26. The Hall–Kier alpha value is -3.29. The minimum Gasteiger partial charge on any atom is -0.496 e. The van der Waals surface area contributed by atoms with Gasteiger partial charge in [0.15, 0.2) is 5.13 Å². The van der Waals surface area contributed by atoms with Gasteiger partial charge in [0.05, 0.1) is 35.7 Å². The van der Waals surface area contributed by atoms with E-state index in [-0.39, 0.29) is 12.5 Å². The summed E-state index contributed by atoms with van der Waals surface area (Å²) in [5.41, 5.74) is 1.35. The number of thiazole rings is 1. The van der Waals surface area contributed by atoms with Gasteiger partial charge in [-0.2, -0.15) is 0 Å². The van der Waals surface area contributed by atoms with Crippen LogP contribution in [0.1, 0.15) is 16.1 Å². The fraction of sp³-hybridized carbons (Fsp3) is 0.120. The minimum absolute atomic E-state index is 0.187. The van der Waals surface area contributed by atoms with E-state index in [1.165, 1.54) is 11.3 Å². The maximum absolute atomic E-state index is 13.9. The van der Waals surface area contributed by atoms with Crippen LogP contribution in [0, 0.1) is 0 Å². The fourth-order valence-electron chi connectivity index (χ4n) is 3.62. The van der Waals surface area contributed by atoms with E-state index >= 15 is 0 Å². The molecule has 0 saturated heterocycles. The molecule has 0 N–H and O–H groups in total. The first-order chi connectivity index (χ1) is 15.7. The third-order valence-electron chi connectivity index (χ3n) is 5.25. The van der Waals surface area contributed by atoms with E-state index in [0.717, 1.165) is 25.9 Å². The van der Waals surface area contributed by atoms with Crippen molar-refractivity contribution >= 4 is 55.1 Å². The van der Waals surface area contributed by atoms with Crippen molar-refractivity contribution in [1.82, 2.24) is 4.98 Å². The van der Waals surface area contributed by atoms with Gasteiger partial charge in [0.25, 0.3) is 5.91 Å². The Morgan fingerprint density at radius 1 is 1.09 bits per heavy atom. The summed E-state index contributed by atoms with van der Waals surface area (Å²) in [5.74, 6) is 1.03. The van der Waals surface area contributed by atoms with Crippen LogP contribution in [0.3, 0.4) is 0 Å². The summed E-state index contributed by atoms with van der Waals surface area (Å²) >= 11 is 3.18. The van der Waals surface area contributed by atoms with Crippen LogP contribution in [-0.2, 0) is 6.54 Å². The summed E-state index contributed by atoms with van der Waals surface area (Å²) in [7, 11) is 1.58. The molecular formula is C25H20N2O3S2. The highest BCUT2D eigenvalue weighted by atomic mass is 32.2.